The van der Waals surface area contributed by atoms with E-state index in [0.717, 1.165) is 57.2 Å². The van der Waals surface area contributed by atoms with Gasteiger partial charge in [-0.2, -0.15) is 0 Å². The summed E-state index contributed by atoms with van der Waals surface area (Å²) in [6, 6.07) is 0. The molecular weight excluding hydrogens is 400 g/mol. The Hall–Kier alpha value is -1.37. The molecule has 1 saturated heterocycles. The summed E-state index contributed by atoms with van der Waals surface area (Å²) < 4.78 is 0. The van der Waals surface area contributed by atoms with Crippen molar-refractivity contribution in [1.82, 2.24) is 10.2 Å². The van der Waals surface area contributed by atoms with Gasteiger partial charge in [0.15, 0.2) is 0 Å². The second kappa shape index (κ2) is 16.3. The Labute approximate surface area is 186 Å². The van der Waals surface area contributed by atoms with Crippen LogP contribution < -0.4 is 5.32 Å². The zero-order valence-corrected chi connectivity index (χ0v) is 19.7. The average molecular weight is 441 g/mol. The van der Waals surface area contributed by atoms with Crippen molar-refractivity contribution in [3.8, 4) is 0 Å². The Morgan fingerprint density at radius 1 is 0.967 bits per heavy atom. The fourth-order valence-electron chi connectivity index (χ4n) is 3.50. The Balaban J connectivity index is 2.06. The molecule has 30 heavy (non-hydrogen) atoms. The number of hydrogen-bond acceptors (Lipinski definition) is 5. The summed E-state index contributed by atoms with van der Waals surface area (Å²) >= 11 is 1.57. The molecule has 1 N–H and O–H groups in total. The highest BCUT2D eigenvalue weighted by Gasteiger charge is 2.38. The molecule has 1 heterocycles. The van der Waals surface area contributed by atoms with Gasteiger partial charge in [0, 0.05) is 32.4 Å². The topological polar surface area (TPSA) is 83.6 Å². The van der Waals surface area contributed by atoms with Gasteiger partial charge in [0.1, 0.15) is 5.78 Å². The molecule has 7 heteroatoms. The number of thioether (sulfide) groups is 1. The molecule has 0 aromatic carbocycles. The maximum atomic E-state index is 12.4. The van der Waals surface area contributed by atoms with Crippen LogP contribution in [0.3, 0.4) is 0 Å². The van der Waals surface area contributed by atoms with Crippen molar-refractivity contribution >= 4 is 35.3 Å². The first kappa shape index (κ1) is 26.7. The van der Waals surface area contributed by atoms with Crippen LogP contribution in [0, 0.1) is 0 Å². The van der Waals surface area contributed by atoms with Crippen LogP contribution in [-0.2, 0) is 19.2 Å². The summed E-state index contributed by atoms with van der Waals surface area (Å²) in [5.41, 5.74) is 0. The van der Waals surface area contributed by atoms with Gasteiger partial charge >= 0.3 is 0 Å². The first-order valence-electron chi connectivity index (χ1n) is 11.7. The Bertz CT molecular complexity index is 553. The van der Waals surface area contributed by atoms with Gasteiger partial charge in [0.05, 0.1) is 5.25 Å². The standard InChI is InChI=1S/C23H40N2O4S/c1-3-4-5-10-15-24-21(27)14-9-7-12-17-30-20-18-22(28)25(23(20)29)16-11-6-8-13-19(2)26/h20H,3-18H2,1-2H3,(H,24,27). The number of carbonyl (C=O) groups excluding carboxylic acids is 4. The molecule has 0 saturated carbocycles. The lowest BCUT2D eigenvalue weighted by atomic mass is 10.1. The number of Topliss-reactive ketones (excluding diaryl/α,β-unsaturated/α-hetero) is 1. The maximum Gasteiger partial charge on any atom is 0.242 e. The van der Waals surface area contributed by atoms with Crippen LogP contribution in [0.15, 0.2) is 0 Å². The molecule has 0 aromatic rings. The number of nitrogens with one attached hydrogen (secondary N) is 1. The molecular formula is C23H40N2O4S. The van der Waals surface area contributed by atoms with Gasteiger partial charge in [-0.1, -0.05) is 39.0 Å². The van der Waals surface area contributed by atoms with E-state index in [-0.39, 0.29) is 28.8 Å². The van der Waals surface area contributed by atoms with Gasteiger partial charge in [-0.25, -0.2) is 0 Å². The zero-order chi connectivity index (χ0) is 22.2. The molecule has 6 nitrogen and oxygen atoms in total. The van der Waals surface area contributed by atoms with Crippen LogP contribution in [0.4, 0.5) is 0 Å². The highest BCUT2D eigenvalue weighted by atomic mass is 32.2. The molecule has 0 aromatic heterocycles. The molecule has 172 valence electrons. The molecule has 3 amide bonds. The van der Waals surface area contributed by atoms with Crippen LogP contribution in [0.1, 0.15) is 97.3 Å². The molecule has 0 spiro atoms. The van der Waals surface area contributed by atoms with Crippen molar-refractivity contribution in [3.05, 3.63) is 0 Å². The van der Waals surface area contributed by atoms with Crippen molar-refractivity contribution in [2.75, 3.05) is 18.8 Å². The predicted octanol–water partition coefficient (Wildman–Crippen LogP) is 4.25. The molecule has 1 rings (SSSR count). The number of ketones is 1. The number of rotatable bonds is 18. The lowest BCUT2D eigenvalue weighted by molar-refractivity contribution is -0.138. The Morgan fingerprint density at radius 2 is 1.67 bits per heavy atom. The third kappa shape index (κ3) is 11.7. The maximum absolute atomic E-state index is 12.4. The average Bonchev–Trinajstić information content (AvgIpc) is 2.97. The van der Waals surface area contributed by atoms with E-state index in [0.29, 0.717) is 25.8 Å². The molecule has 1 fully saturated rings. The number of nitrogens with zero attached hydrogens (tertiary/aromatic N) is 1. The fourth-order valence-corrected chi connectivity index (χ4v) is 4.68. The lowest BCUT2D eigenvalue weighted by Gasteiger charge is -2.14. The predicted molar refractivity (Wildman–Crippen MR) is 122 cm³/mol. The van der Waals surface area contributed by atoms with Gasteiger partial charge in [0.2, 0.25) is 17.7 Å². The van der Waals surface area contributed by atoms with Crippen LogP contribution in [0.25, 0.3) is 0 Å². The van der Waals surface area contributed by atoms with Crippen LogP contribution in [-0.4, -0.2) is 52.5 Å². The van der Waals surface area contributed by atoms with Gasteiger partial charge in [-0.3, -0.25) is 19.3 Å². The highest BCUT2D eigenvalue weighted by molar-refractivity contribution is 8.00. The summed E-state index contributed by atoms with van der Waals surface area (Å²) in [5, 5.41) is 2.73. The Kier molecular flexibility index (Phi) is 14.5. The van der Waals surface area contributed by atoms with Crippen molar-refractivity contribution in [2.24, 2.45) is 0 Å². The second-order valence-electron chi connectivity index (χ2n) is 8.18. The van der Waals surface area contributed by atoms with E-state index >= 15 is 0 Å². The van der Waals surface area contributed by atoms with E-state index in [1.54, 1.807) is 18.7 Å². The molecule has 1 atom stereocenters. The first-order valence-corrected chi connectivity index (χ1v) is 12.7. The van der Waals surface area contributed by atoms with E-state index in [4.69, 9.17) is 0 Å². The van der Waals surface area contributed by atoms with Crippen molar-refractivity contribution in [2.45, 2.75) is 103 Å². The molecule has 1 aliphatic rings. The summed E-state index contributed by atoms with van der Waals surface area (Å²) in [6.45, 7) is 5.01. The van der Waals surface area contributed by atoms with Gasteiger partial charge in [-0.15, -0.1) is 11.8 Å². The van der Waals surface area contributed by atoms with E-state index < -0.39 is 0 Å². The number of likely N-dealkylation sites (tertiary alicyclic amines) is 1. The molecule has 0 aliphatic carbocycles. The molecule has 1 unspecified atom stereocenters. The number of amides is 3. The minimum Gasteiger partial charge on any atom is -0.356 e. The monoisotopic (exact) mass is 440 g/mol. The van der Waals surface area contributed by atoms with Gasteiger partial charge in [-0.05, 0) is 44.8 Å². The van der Waals surface area contributed by atoms with Crippen molar-refractivity contribution < 1.29 is 19.2 Å². The van der Waals surface area contributed by atoms with Crippen LogP contribution >= 0.6 is 11.8 Å². The summed E-state index contributed by atoms with van der Waals surface area (Å²) in [4.78, 5) is 48.7. The summed E-state index contributed by atoms with van der Waals surface area (Å²) in [7, 11) is 0. The third-order valence-electron chi connectivity index (χ3n) is 5.33. The number of imide groups is 1. The van der Waals surface area contributed by atoms with Gasteiger partial charge < -0.3 is 10.1 Å². The van der Waals surface area contributed by atoms with E-state index in [1.165, 1.54) is 24.2 Å². The summed E-state index contributed by atoms with van der Waals surface area (Å²) in [5.74, 6) is 1.03. The minimum atomic E-state index is -0.249. The smallest absolute Gasteiger partial charge is 0.242 e. The van der Waals surface area contributed by atoms with Crippen molar-refractivity contribution in [1.29, 1.82) is 0 Å². The van der Waals surface area contributed by atoms with E-state index in [1.807, 2.05) is 0 Å². The SMILES string of the molecule is CCCCCCNC(=O)CCCCCSC1CC(=O)N(CCCCCC(C)=O)C1=O. The first-order chi connectivity index (χ1) is 14.5. The zero-order valence-electron chi connectivity index (χ0n) is 18.9. The highest BCUT2D eigenvalue weighted by Crippen LogP contribution is 2.26. The number of hydrogen-bond donors (Lipinski definition) is 1. The summed E-state index contributed by atoms with van der Waals surface area (Å²) in [6.07, 6.45) is 11.3. The van der Waals surface area contributed by atoms with E-state index in [9.17, 15) is 19.2 Å². The number of unbranched alkanes of at least 4 members (excludes halogenated alkanes) is 7. The van der Waals surface area contributed by atoms with Crippen LogP contribution in [0.5, 0.6) is 0 Å². The largest absolute Gasteiger partial charge is 0.356 e. The molecule has 0 radical (unpaired) electrons. The second-order valence-corrected chi connectivity index (χ2v) is 9.49. The van der Waals surface area contributed by atoms with Gasteiger partial charge in [0.25, 0.3) is 0 Å². The normalized spacial score (nSPS) is 16.3. The minimum absolute atomic E-state index is 0.0565. The molecule has 1 aliphatic heterocycles. The van der Waals surface area contributed by atoms with Crippen LogP contribution in [0.2, 0.25) is 0 Å². The Morgan fingerprint density at radius 3 is 2.40 bits per heavy atom. The van der Waals surface area contributed by atoms with E-state index in [2.05, 4.69) is 12.2 Å². The quantitative estimate of drug-likeness (QED) is 0.254. The van der Waals surface area contributed by atoms with Crippen molar-refractivity contribution in [3.63, 3.8) is 0 Å². The molecule has 0 bridgehead atoms. The number of carbonyl (C=O) groups is 4. The fraction of sp³-hybridized carbons (Fsp3) is 0.826. The third-order valence-corrected chi connectivity index (χ3v) is 6.63. The lowest BCUT2D eigenvalue weighted by Crippen LogP contribution is -2.32.